The monoisotopic (exact) mass is 367 g/mol. The number of ether oxygens (including phenoxy) is 2. The first-order chi connectivity index (χ1) is 11.7. The minimum absolute atomic E-state index is 0.222. The van der Waals surface area contributed by atoms with Gasteiger partial charge >= 0.3 is 12.1 Å². The minimum Gasteiger partial charge on any atom is -0.466 e. The third-order valence-electron chi connectivity index (χ3n) is 4.02. The number of carbonyl (C=O) groups is 2. The van der Waals surface area contributed by atoms with E-state index < -0.39 is 5.60 Å². The van der Waals surface area contributed by atoms with Gasteiger partial charge in [0.25, 0.3) is 0 Å². The topological polar surface area (TPSA) is 55.8 Å². The van der Waals surface area contributed by atoms with Crippen molar-refractivity contribution in [2.24, 2.45) is 0 Å². The van der Waals surface area contributed by atoms with Crippen LogP contribution >= 0.6 is 11.6 Å². The standard InChI is InChI=1S/C19H26ClNO4/c1-5-24-17(22)9-8-16-15-7-6-14(20)12-13(15)10-11-21(16)18(23)25-19(2,3)4/h6-7,12,16H,5,8-11H2,1-4H3/t16-/m1/s1. The number of amides is 1. The van der Waals surface area contributed by atoms with Crippen LogP contribution in [0.5, 0.6) is 0 Å². The summed E-state index contributed by atoms with van der Waals surface area (Å²) < 4.78 is 10.6. The molecule has 0 N–H and O–H groups in total. The average Bonchev–Trinajstić information content (AvgIpc) is 2.50. The summed E-state index contributed by atoms with van der Waals surface area (Å²) >= 11 is 6.10. The molecule has 0 radical (unpaired) electrons. The molecule has 1 aromatic carbocycles. The first kappa shape index (κ1) is 19.6. The second-order valence-electron chi connectivity index (χ2n) is 7.13. The van der Waals surface area contributed by atoms with Crippen molar-refractivity contribution in [2.75, 3.05) is 13.2 Å². The fourth-order valence-electron chi connectivity index (χ4n) is 3.02. The molecule has 0 spiro atoms. The third kappa shape index (κ3) is 5.36. The van der Waals surface area contributed by atoms with Gasteiger partial charge in [-0.3, -0.25) is 4.79 Å². The Labute approximate surface area is 154 Å². The molecular weight excluding hydrogens is 342 g/mol. The fraction of sp³-hybridized carbons (Fsp3) is 0.579. The predicted molar refractivity (Wildman–Crippen MR) is 96.7 cm³/mol. The van der Waals surface area contributed by atoms with Crippen LogP contribution in [-0.4, -0.2) is 35.7 Å². The Morgan fingerprint density at radius 2 is 2.04 bits per heavy atom. The Bertz CT molecular complexity index is 639. The molecule has 6 heteroatoms. The molecule has 0 unspecified atom stereocenters. The molecule has 0 aliphatic carbocycles. The SMILES string of the molecule is CCOC(=O)CC[C@@H]1c2ccc(Cl)cc2CCN1C(=O)OC(C)(C)C. The molecule has 1 aliphatic heterocycles. The number of esters is 1. The lowest BCUT2D eigenvalue weighted by molar-refractivity contribution is -0.143. The highest BCUT2D eigenvalue weighted by molar-refractivity contribution is 6.30. The molecular formula is C19H26ClNO4. The zero-order chi connectivity index (χ0) is 18.6. The molecule has 0 saturated heterocycles. The van der Waals surface area contributed by atoms with Crippen molar-refractivity contribution < 1.29 is 19.1 Å². The van der Waals surface area contributed by atoms with E-state index in [1.807, 2.05) is 39.0 Å². The van der Waals surface area contributed by atoms with Gasteiger partial charge in [0.15, 0.2) is 0 Å². The molecule has 5 nitrogen and oxygen atoms in total. The van der Waals surface area contributed by atoms with E-state index in [4.69, 9.17) is 21.1 Å². The summed E-state index contributed by atoms with van der Waals surface area (Å²) in [4.78, 5) is 26.1. The Kier molecular flexibility index (Phi) is 6.33. The van der Waals surface area contributed by atoms with E-state index in [-0.39, 0.29) is 24.5 Å². The Morgan fingerprint density at radius 3 is 2.68 bits per heavy atom. The van der Waals surface area contributed by atoms with Crippen LogP contribution in [0, 0.1) is 0 Å². The Morgan fingerprint density at radius 1 is 1.32 bits per heavy atom. The molecule has 0 aromatic heterocycles. The van der Waals surface area contributed by atoms with Gasteiger partial charge in [-0.05, 0) is 63.8 Å². The lowest BCUT2D eigenvalue weighted by atomic mass is 9.90. The lowest BCUT2D eigenvalue weighted by Gasteiger charge is -2.38. The number of hydrogen-bond acceptors (Lipinski definition) is 4. The maximum atomic E-state index is 12.6. The number of carbonyl (C=O) groups excluding carboxylic acids is 2. The maximum absolute atomic E-state index is 12.6. The van der Waals surface area contributed by atoms with Crippen LogP contribution in [-0.2, 0) is 20.7 Å². The van der Waals surface area contributed by atoms with E-state index in [2.05, 4.69) is 0 Å². The van der Waals surface area contributed by atoms with Gasteiger partial charge in [-0.25, -0.2) is 4.79 Å². The predicted octanol–water partition coefficient (Wildman–Crippen LogP) is 4.52. The summed E-state index contributed by atoms with van der Waals surface area (Å²) in [6.45, 7) is 8.20. The minimum atomic E-state index is -0.566. The molecule has 0 bridgehead atoms. The van der Waals surface area contributed by atoms with Crippen LogP contribution in [0.2, 0.25) is 5.02 Å². The summed E-state index contributed by atoms with van der Waals surface area (Å²) in [5, 5.41) is 0.675. The van der Waals surface area contributed by atoms with E-state index in [9.17, 15) is 9.59 Å². The summed E-state index contributed by atoms with van der Waals surface area (Å²) in [5.74, 6) is -0.257. The van der Waals surface area contributed by atoms with Crippen molar-refractivity contribution in [3.63, 3.8) is 0 Å². The lowest BCUT2D eigenvalue weighted by Crippen LogP contribution is -2.43. The van der Waals surface area contributed by atoms with Crippen molar-refractivity contribution in [1.29, 1.82) is 0 Å². The van der Waals surface area contributed by atoms with E-state index in [0.717, 1.165) is 11.1 Å². The van der Waals surface area contributed by atoms with E-state index in [1.165, 1.54) is 0 Å². The molecule has 2 rings (SSSR count). The van der Waals surface area contributed by atoms with Gasteiger partial charge in [-0.1, -0.05) is 17.7 Å². The van der Waals surface area contributed by atoms with Crippen molar-refractivity contribution in [2.45, 2.75) is 58.6 Å². The van der Waals surface area contributed by atoms with E-state index >= 15 is 0 Å². The van der Waals surface area contributed by atoms with Gasteiger partial charge in [0.2, 0.25) is 0 Å². The number of fused-ring (bicyclic) bond motifs is 1. The van der Waals surface area contributed by atoms with Gasteiger partial charge in [0, 0.05) is 18.0 Å². The van der Waals surface area contributed by atoms with E-state index in [0.29, 0.717) is 31.0 Å². The quantitative estimate of drug-likeness (QED) is 0.734. The van der Waals surface area contributed by atoms with Crippen molar-refractivity contribution in [3.05, 3.63) is 34.3 Å². The molecule has 1 atom stereocenters. The molecule has 1 amide bonds. The van der Waals surface area contributed by atoms with Crippen LogP contribution in [0.25, 0.3) is 0 Å². The highest BCUT2D eigenvalue weighted by Crippen LogP contribution is 2.35. The van der Waals surface area contributed by atoms with Crippen LogP contribution in [0.4, 0.5) is 4.79 Å². The second-order valence-corrected chi connectivity index (χ2v) is 7.56. The summed E-state index contributed by atoms with van der Waals surface area (Å²) in [6, 6.07) is 5.46. The number of nitrogens with zero attached hydrogens (tertiary/aromatic N) is 1. The number of rotatable bonds is 4. The largest absolute Gasteiger partial charge is 0.466 e. The molecule has 1 heterocycles. The summed E-state index contributed by atoms with van der Waals surface area (Å²) in [7, 11) is 0. The number of hydrogen-bond donors (Lipinski definition) is 0. The van der Waals surface area contributed by atoms with Crippen LogP contribution in [0.1, 0.15) is 57.7 Å². The highest BCUT2D eigenvalue weighted by atomic mass is 35.5. The van der Waals surface area contributed by atoms with Gasteiger partial charge in [0.1, 0.15) is 5.60 Å². The maximum Gasteiger partial charge on any atom is 0.410 e. The van der Waals surface area contributed by atoms with Crippen molar-refractivity contribution >= 4 is 23.7 Å². The fourth-order valence-corrected chi connectivity index (χ4v) is 3.21. The summed E-state index contributed by atoms with van der Waals surface area (Å²) in [5.41, 5.74) is 1.57. The van der Waals surface area contributed by atoms with Gasteiger partial charge < -0.3 is 14.4 Å². The summed E-state index contributed by atoms with van der Waals surface area (Å²) in [6.07, 6.45) is 1.10. The number of benzene rings is 1. The molecule has 25 heavy (non-hydrogen) atoms. The third-order valence-corrected chi connectivity index (χ3v) is 4.25. The molecule has 138 valence electrons. The zero-order valence-electron chi connectivity index (χ0n) is 15.3. The first-order valence-electron chi connectivity index (χ1n) is 8.65. The van der Waals surface area contributed by atoms with Crippen molar-refractivity contribution in [1.82, 2.24) is 4.90 Å². The van der Waals surface area contributed by atoms with Crippen LogP contribution in [0.3, 0.4) is 0 Å². The smallest absolute Gasteiger partial charge is 0.410 e. The van der Waals surface area contributed by atoms with Gasteiger partial charge in [0.05, 0.1) is 12.6 Å². The normalized spacial score (nSPS) is 17.0. The molecule has 0 fully saturated rings. The van der Waals surface area contributed by atoms with Crippen molar-refractivity contribution in [3.8, 4) is 0 Å². The Hall–Kier alpha value is -1.75. The van der Waals surface area contributed by atoms with Crippen LogP contribution < -0.4 is 0 Å². The Balaban J connectivity index is 2.24. The van der Waals surface area contributed by atoms with E-state index in [1.54, 1.807) is 11.8 Å². The molecule has 1 aromatic rings. The van der Waals surface area contributed by atoms with Gasteiger partial charge in [-0.2, -0.15) is 0 Å². The van der Waals surface area contributed by atoms with Crippen LogP contribution in [0.15, 0.2) is 18.2 Å². The molecule has 0 saturated carbocycles. The van der Waals surface area contributed by atoms with Gasteiger partial charge in [-0.15, -0.1) is 0 Å². The molecule has 1 aliphatic rings. The number of halogens is 1. The first-order valence-corrected chi connectivity index (χ1v) is 9.02. The average molecular weight is 368 g/mol. The zero-order valence-corrected chi connectivity index (χ0v) is 16.1. The second kappa shape index (κ2) is 8.09. The highest BCUT2D eigenvalue weighted by Gasteiger charge is 2.34.